The molecule has 0 bridgehead atoms. The molecule has 1 nitrogen and oxygen atoms in total. The maximum Gasteiger partial charge on any atom is 0.397 e. The first-order chi connectivity index (χ1) is 6.03. The number of alkyl halides is 2. The summed E-state index contributed by atoms with van der Waals surface area (Å²) in [7, 11) is 0. The Morgan fingerprint density at radius 1 is 1.38 bits per heavy atom. The lowest BCUT2D eigenvalue weighted by Gasteiger charge is -2.15. The van der Waals surface area contributed by atoms with Crippen LogP contribution in [0.3, 0.4) is 0 Å². The number of hydrogen-bond donors (Lipinski definition) is 0. The Hall–Kier alpha value is -1.12. The van der Waals surface area contributed by atoms with Crippen molar-refractivity contribution >= 4 is 0 Å². The molecule has 13 heavy (non-hydrogen) atoms. The summed E-state index contributed by atoms with van der Waals surface area (Å²) in [6.45, 7) is 3.22. The van der Waals surface area contributed by atoms with E-state index in [1.54, 1.807) is 12.1 Å². The highest BCUT2D eigenvalue weighted by atomic mass is 19.3. The largest absolute Gasteiger partial charge is 0.433 e. The van der Waals surface area contributed by atoms with Gasteiger partial charge in [0.05, 0.1) is 0 Å². The fourth-order valence-corrected chi connectivity index (χ4v) is 0.923. The third-order valence-corrected chi connectivity index (χ3v) is 1.67. The highest BCUT2D eigenvalue weighted by Gasteiger charge is 2.28. The number of halogens is 2. The molecule has 0 aromatic heterocycles. The summed E-state index contributed by atoms with van der Waals surface area (Å²) in [5.41, 5.74) is 0.907. The monoisotopic (exact) mass is 186 g/mol. The Balaban J connectivity index is 2.74. The average molecular weight is 186 g/mol. The zero-order valence-corrected chi connectivity index (χ0v) is 7.68. The molecule has 0 radical (unpaired) electrons. The highest BCUT2D eigenvalue weighted by Crippen LogP contribution is 2.24. The average Bonchev–Trinajstić information content (AvgIpc) is 2.03. The van der Waals surface area contributed by atoms with E-state index in [4.69, 9.17) is 0 Å². The SMILES string of the molecule is CCC(F)(F)Oc1cccc(C)c1. The van der Waals surface area contributed by atoms with Crippen molar-refractivity contribution in [2.75, 3.05) is 0 Å². The third-order valence-electron chi connectivity index (χ3n) is 1.67. The second kappa shape index (κ2) is 3.73. The minimum absolute atomic E-state index is 0.215. The molecule has 0 aliphatic carbocycles. The summed E-state index contributed by atoms with van der Waals surface area (Å²) >= 11 is 0. The topological polar surface area (TPSA) is 9.23 Å². The summed E-state index contributed by atoms with van der Waals surface area (Å²) in [5, 5.41) is 0. The van der Waals surface area contributed by atoms with Crippen molar-refractivity contribution in [2.45, 2.75) is 26.4 Å². The van der Waals surface area contributed by atoms with E-state index in [1.165, 1.54) is 13.0 Å². The summed E-state index contributed by atoms with van der Waals surface area (Å²) in [4.78, 5) is 0. The normalized spacial score (nSPS) is 11.4. The van der Waals surface area contributed by atoms with Gasteiger partial charge in [0, 0.05) is 6.42 Å². The van der Waals surface area contributed by atoms with E-state index < -0.39 is 6.11 Å². The van der Waals surface area contributed by atoms with Gasteiger partial charge in [-0.3, -0.25) is 0 Å². The minimum Gasteiger partial charge on any atom is -0.433 e. The molecule has 0 N–H and O–H groups in total. The smallest absolute Gasteiger partial charge is 0.397 e. The van der Waals surface area contributed by atoms with Gasteiger partial charge in [0.15, 0.2) is 0 Å². The van der Waals surface area contributed by atoms with Gasteiger partial charge in [-0.2, -0.15) is 8.78 Å². The first kappa shape index (κ1) is 9.96. The van der Waals surface area contributed by atoms with Gasteiger partial charge in [-0.15, -0.1) is 0 Å². The first-order valence-corrected chi connectivity index (χ1v) is 4.17. The Bertz CT molecular complexity index is 284. The van der Waals surface area contributed by atoms with Crippen LogP contribution in [0.4, 0.5) is 8.78 Å². The molecule has 0 saturated carbocycles. The van der Waals surface area contributed by atoms with Crippen molar-refractivity contribution in [2.24, 2.45) is 0 Å². The third kappa shape index (κ3) is 3.01. The van der Waals surface area contributed by atoms with Crippen LogP contribution in [0, 0.1) is 6.92 Å². The quantitative estimate of drug-likeness (QED) is 0.703. The van der Waals surface area contributed by atoms with Crippen LogP contribution in [-0.2, 0) is 0 Å². The van der Waals surface area contributed by atoms with Gasteiger partial charge in [-0.05, 0) is 24.6 Å². The maximum absolute atomic E-state index is 12.7. The Kier molecular flexibility index (Phi) is 2.86. The molecule has 0 spiro atoms. The number of hydrogen-bond acceptors (Lipinski definition) is 1. The number of rotatable bonds is 3. The molecule has 1 aromatic rings. The molecule has 0 atom stereocenters. The van der Waals surface area contributed by atoms with Crippen molar-refractivity contribution in [3.8, 4) is 5.75 Å². The fraction of sp³-hybridized carbons (Fsp3) is 0.400. The lowest BCUT2D eigenvalue weighted by molar-refractivity contribution is -0.177. The lowest BCUT2D eigenvalue weighted by Crippen LogP contribution is -2.23. The Morgan fingerprint density at radius 2 is 2.08 bits per heavy atom. The molecule has 1 aromatic carbocycles. The summed E-state index contributed by atoms with van der Waals surface area (Å²) < 4.78 is 30.0. The van der Waals surface area contributed by atoms with E-state index in [9.17, 15) is 8.78 Å². The molecule has 0 aliphatic heterocycles. The van der Waals surface area contributed by atoms with Crippen LogP contribution in [0.15, 0.2) is 24.3 Å². The number of ether oxygens (including phenoxy) is 1. The van der Waals surface area contributed by atoms with Gasteiger partial charge in [0.2, 0.25) is 0 Å². The molecule has 0 heterocycles. The molecule has 3 heteroatoms. The minimum atomic E-state index is -3.06. The first-order valence-electron chi connectivity index (χ1n) is 4.17. The van der Waals surface area contributed by atoms with Crippen molar-refractivity contribution in [3.63, 3.8) is 0 Å². The number of aryl methyl sites for hydroxylation is 1. The summed E-state index contributed by atoms with van der Waals surface area (Å²) in [6.07, 6.45) is -3.38. The predicted molar refractivity (Wildman–Crippen MR) is 47.0 cm³/mol. The number of benzene rings is 1. The van der Waals surface area contributed by atoms with Gasteiger partial charge >= 0.3 is 6.11 Å². The molecular weight excluding hydrogens is 174 g/mol. The van der Waals surface area contributed by atoms with E-state index >= 15 is 0 Å². The van der Waals surface area contributed by atoms with E-state index in [0.717, 1.165) is 5.56 Å². The van der Waals surface area contributed by atoms with Crippen molar-refractivity contribution in [3.05, 3.63) is 29.8 Å². The zero-order valence-electron chi connectivity index (χ0n) is 7.68. The molecule has 0 unspecified atom stereocenters. The van der Waals surface area contributed by atoms with E-state index in [0.29, 0.717) is 0 Å². The second-order valence-corrected chi connectivity index (χ2v) is 2.91. The summed E-state index contributed by atoms with van der Waals surface area (Å²) in [5.74, 6) is 0.215. The molecule has 0 aliphatic rings. The van der Waals surface area contributed by atoms with E-state index in [2.05, 4.69) is 4.74 Å². The van der Waals surface area contributed by atoms with Gasteiger partial charge in [-0.1, -0.05) is 19.1 Å². The van der Waals surface area contributed by atoms with Crippen LogP contribution in [-0.4, -0.2) is 6.11 Å². The molecule has 1 rings (SSSR count). The standard InChI is InChI=1S/C10H12F2O/c1-3-10(11,12)13-9-6-4-5-8(2)7-9/h4-7H,3H2,1-2H3. The van der Waals surface area contributed by atoms with Crippen LogP contribution in [0.5, 0.6) is 5.75 Å². The van der Waals surface area contributed by atoms with Gasteiger partial charge in [-0.25, -0.2) is 0 Å². The van der Waals surface area contributed by atoms with Crippen LogP contribution in [0.1, 0.15) is 18.9 Å². The van der Waals surface area contributed by atoms with Crippen molar-refractivity contribution in [1.82, 2.24) is 0 Å². The van der Waals surface area contributed by atoms with Crippen molar-refractivity contribution in [1.29, 1.82) is 0 Å². The van der Waals surface area contributed by atoms with Crippen LogP contribution < -0.4 is 4.74 Å². The highest BCUT2D eigenvalue weighted by molar-refractivity contribution is 5.27. The molecule has 0 fully saturated rings. The molecular formula is C10H12F2O. The van der Waals surface area contributed by atoms with Crippen LogP contribution in [0.25, 0.3) is 0 Å². The Labute approximate surface area is 76.3 Å². The molecule has 0 saturated heterocycles. The van der Waals surface area contributed by atoms with Crippen LogP contribution >= 0.6 is 0 Å². The molecule has 0 amide bonds. The van der Waals surface area contributed by atoms with Crippen LogP contribution in [0.2, 0.25) is 0 Å². The Morgan fingerprint density at radius 3 is 2.62 bits per heavy atom. The van der Waals surface area contributed by atoms with E-state index in [-0.39, 0.29) is 12.2 Å². The predicted octanol–water partition coefficient (Wildman–Crippen LogP) is 3.38. The van der Waals surface area contributed by atoms with Crippen molar-refractivity contribution < 1.29 is 13.5 Å². The fourth-order valence-electron chi connectivity index (χ4n) is 0.923. The van der Waals surface area contributed by atoms with Gasteiger partial charge in [0.25, 0.3) is 0 Å². The molecule has 72 valence electrons. The van der Waals surface area contributed by atoms with Gasteiger partial charge < -0.3 is 4.74 Å². The maximum atomic E-state index is 12.7. The zero-order chi connectivity index (χ0) is 9.90. The lowest BCUT2D eigenvalue weighted by atomic mass is 10.2. The van der Waals surface area contributed by atoms with E-state index in [1.807, 2.05) is 13.0 Å². The summed E-state index contributed by atoms with van der Waals surface area (Å²) in [6, 6.07) is 6.63. The van der Waals surface area contributed by atoms with Gasteiger partial charge in [0.1, 0.15) is 5.75 Å². The second-order valence-electron chi connectivity index (χ2n) is 2.91.